The van der Waals surface area contributed by atoms with E-state index in [1.807, 2.05) is 20.8 Å². The number of esters is 2. The third-order valence-electron chi connectivity index (χ3n) is 5.97. The molecule has 3 atom stereocenters. The molecule has 39 heavy (non-hydrogen) atoms. The van der Waals surface area contributed by atoms with Crippen molar-refractivity contribution in [3.63, 3.8) is 0 Å². The highest BCUT2D eigenvalue weighted by molar-refractivity contribution is 5.81. The van der Waals surface area contributed by atoms with Gasteiger partial charge in [-0.2, -0.15) is 0 Å². The number of aliphatic carboxylic acids is 1. The fourth-order valence-electron chi connectivity index (χ4n) is 3.87. The van der Waals surface area contributed by atoms with Gasteiger partial charge in [-0.15, -0.1) is 0 Å². The average molecular weight is 552 g/mol. The largest absolute Gasteiger partial charge is 0.510 e. The summed E-state index contributed by atoms with van der Waals surface area (Å²) in [6.07, 6.45) is 2.77. The van der Waals surface area contributed by atoms with Crippen LogP contribution in [0.15, 0.2) is 18.2 Å². The van der Waals surface area contributed by atoms with E-state index in [-0.39, 0.29) is 36.5 Å². The summed E-state index contributed by atoms with van der Waals surface area (Å²) in [5.74, 6) is -3.14. The van der Waals surface area contributed by atoms with Gasteiger partial charge in [0.05, 0.1) is 18.4 Å². The van der Waals surface area contributed by atoms with Crippen LogP contribution in [-0.4, -0.2) is 47.5 Å². The molecule has 1 aromatic carbocycles. The highest BCUT2D eigenvalue weighted by atomic mass is 16.7. The van der Waals surface area contributed by atoms with Gasteiger partial charge in [0.2, 0.25) is 0 Å². The van der Waals surface area contributed by atoms with Crippen LogP contribution in [0.1, 0.15) is 92.6 Å². The summed E-state index contributed by atoms with van der Waals surface area (Å²) in [5.41, 5.74) is -1.80. The number of carboxylic acid groups (broad SMARTS) is 1. The summed E-state index contributed by atoms with van der Waals surface area (Å²) < 4.78 is 21.6. The van der Waals surface area contributed by atoms with Gasteiger partial charge in [0.15, 0.2) is 11.5 Å². The van der Waals surface area contributed by atoms with Crippen molar-refractivity contribution >= 4 is 24.1 Å². The van der Waals surface area contributed by atoms with E-state index in [0.717, 1.165) is 19.3 Å². The first kappa shape index (κ1) is 33.9. The van der Waals surface area contributed by atoms with E-state index in [9.17, 15) is 24.3 Å². The van der Waals surface area contributed by atoms with Crippen molar-refractivity contribution in [2.24, 2.45) is 11.8 Å². The molecule has 0 spiro atoms. The summed E-state index contributed by atoms with van der Waals surface area (Å²) >= 11 is 0. The minimum absolute atomic E-state index is 0.0214. The van der Waals surface area contributed by atoms with Crippen molar-refractivity contribution < 1.29 is 43.2 Å². The molecule has 0 aliphatic carbocycles. The number of carboxylic acids is 1. The SMILES string of the molecule is CCCCOC(=O)O[C@](Cc1ccc(OC(=O)C(C)CCC)c(OC(=O)C(C)CCC)c1)(NC(C)C)C(=O)O. The zero-order chi connectivity index (χ0) is 29.6. The Morgan fingerprint density at radius 1 is 0.872 bits per heavy atom. The number of carbonyl (C=O) groups is 4. The van der Waals surface area contributed by atoms with Gasteiger partial charge in [0, 0.05) is 12.5 Å². The smallest absolute Gasteiger partial charge is 0.477 e. The Labute approximate surface area is 231 Å². The van der Waals surface area contributed by atoms with Crippen molar-refractivity contribution in [3.8, 4) is 11.5 Å². The number of benzene rings is 1. The molecule has 0 aliphatic heterocycles. The summed E-state index contributed by atoms with van der Waals surface area (Å²) in [4.78, 5) is 50.2. The molecule has 0 saturated carbocycles. The maximum atomic E-state index is 12.7. The normalized spacial score (nSPS) is 14.2. The van der Waals surface area contributed by atoms with Gasteiger partial charge < -0.3 is 24.1 Å². The Kier molecular flexibility index (Phi) is 14.5. The third-order valence-corrected chi connectivity index (χ3v) is 5.97. The van der Waals surface area contributed by atoms with E-state index in [2.05, 4.69) is 5.32 Å². The Bertz CT molecular complexity index is 962. The topological polar surface area (TPSA) is 137 Å². The second kappa shape index (κ2) is 16.7. The number of carbonyl (C=O) groups excluding carboxylic acids is 3. The number of rotatable bonds is 17. The molecule has 0 aromatic heterocycles. The van der Waals surface area contributed by atoms with Crippen molar-refractivity contribution in [1.29, 1.82) is 0 Å². The second-order valence-corrected chi connectivity index (χ2v) is 10.2. The zero-order valence-corrected chi connectivity index (χ0v) is 24.3. The summed E-state index contributed by atoms with van der Waals surface area (Å²) in [6.45, 7) is 12.9. The Hall–Kier alpha value is -3.14. The molecule has 1 rings (SSSR count). The highest BCUT2D eigenvalue weighted by Gasteiger charge is 2.44. The molecular formula is C29H45NO9. The maximum Gasteiger partial charge on any atom is 0.510 e. The molecule has 0 radical (unpaired) electrons. The van der Waals surface area contributed by atoms with Crippen LogP contribution in [0, 0.1) is 11.8 Å². The first-order valence-electron chi connectivity index (χ1n) is 13.8. The van der Waals surface area contributed by atoms with Gasteiger partial charge in [-0.05, 0) is 50.8 Å². The third kappa shape index (κ3) is 11.2. The minimum Gasteiger partial charge on any atom is -0.477 e. The first-order chi connectivity index (χ1) is 18.4. The lowest BCUT2D eigenvalue weighted by Crippen LogP contribution is -2.59. The molecule has 1 aromatic rings. The van der Waals surface area contributed by atoms with Gasteiger partial charge >= 0.3 is 24.1 Å². The fourth-order valence-corrected chi connectivity index (χ4v) is 3.87. The number of nitrogens with one attached hydrogen (secondary N) is 1. The fraction of sp³-hybridized carbons (Fsp3) is 0.655. The van der Waals surface area contributed by atoms with E-state index >= 15 is 0 Å². The van der Waals surface area contributed by atoms with Crippen LogP contribution in [0.2, 0.25) is 0 Å². The molecule has 0 aliphatic rings. The maximum absolute atomic E-state index is 12.7. The van der Waals surface area contributed by atoms with Crippen molar-refractivity contribution in [2.75, 3.05) is 6.61 Å². The van der Waals surface area contributed by atoms with Crippen LogP contribution in [0.4, 0.5) is 4.79 Å². The van der Waals surface area contributed by atoms with Gasteiger partial charge in [-0.25, -0.2) is 9.59 Å². The number of ether oxygens (including phenoxy) is 4. The van der Waals surface area contributed by atoms with Crippen LogP contribution in [0.25, 0.3) is 0 Å². The molecule has 220 valence electrons. The first-order valence-corrected chi connectivity index (χ1v) is 13.8. The molecule has 10 nitrogen and oxygen atoms in total. The summed E-state index contributed by atoms with van der Waals surface area (Å²) in [7, 11) is 0. The minimum atomic E-state index is -2.16. The van der Waals surface area contributed by atoms with Crippen LogP contribution in [0.3, 0.4) is 0 Å². The van der Waals surface area contributed by atoms with Crippen LogP contribution in [0.5, 0.6) is 11.5 Å². The molecule has 10 heteroatoms. The molecule has 0 saturated heterocycles. The molecule has 0 bridgehead atoms. The second-order valence-electron chi connectivity index (χ2n) is 10.2. The Morgan fingerprint density at radius 3 is 1.92 bits per heavy atom. The molecule has 0 heterocycles. The lowest BCUT2D eigenvalue weighted by molar-refractivity contribution is -0.166. The molecule has 0 fully saturated rings. The van der Waals surface area contributed by atoms with Crippen molar-refractivity contribution in [1.82, 2.24) is 5.32 Å². The Morgan fingerprint density at radius 2 is 1.44 bits per heavy atom. The Balaban J connectivity index is 3.42. The highest BCUT2D eigenvalue weighted by Crippen LogP contribution is 2.32. The van der Waals surface area contributed by atoms with Gasteiger partial charge in [-0.3, -0.25) is 14.9 Å². The molecule has 0 amide bonds. The monoisotopic (exact) mass is 551 g/mol. The van der Waals surface area contributed by atoms with Crippen LogP contribution in [-0.2, 0) is 30.3 Å². The average Bonchev–Trinajstić information content (AvgIpc) is 2.85. The lowest BCUT2D eigenvalue weighted by atomic mass is 10.0. The number of hydrogen-bond donors (Lipinski definition) is 2. The van der Waals surface area contributed by atoms with E-state index in [0.29, 0.717) is 24.8 Å². The molecule has 2 unspecified atom stereocenters. The van der Waals surface area contributed by atoms with Crippen molar-refractivity contribution in [2.45, 2.75) is 105 Å². The predicted octanol–water partition coefficient (Wildman–Crippen LogP) is 5.64. The van der Waals surface area contributed by atoms with E-state index < -0.39 is 35.7 Å². The number of hydrogen-bond acceptors (Lipinski definition) is 9. The van der Waals surface area contributed by atoms with E-state index in [1.54, 1.807) is 27.7 Å². The van der Waals surface area contributed by atoms with Crippen LogP contribution >= 0.6 is 0 Å². The van der Waals surface area contributed by atoms with Crippen LogP contribution < -0.4 is 14.8 Å². The van der Waals surface area contributed by atoms with Gasteiger partial charge in [0.1, 0.15) is 0 Å². The van der Waals surface area contributed by atoms with E-state index in [4.69, 9.17) is 18.9 Å². The summed E-state index contributed by atoms with van der Waals surface area (Å²) in [6, 6.07) is 4.03. The van der Waals surface area contributed by atoms with Gasteiger partial charge in [-0.1, -0.05) is 59.9 Å². The van der Waals surface area contributed by atoms with E-state index in [1.165, 1.54) is 18.2 Å². The predicted molar refractivity (Wildman–Crippen MR) is 146 cm³/mol. The standard InChI is InChI=1S/C29H45NO9/c1-8-11-16-36-28(35)39-29(27(33)34,30-19(4)5)18-22-14-15-23(37-25(31)20(6)12-9-2)24(17-22)38-26(32)21(7)13-10-3/h14-15,17,19-21,30H,8-13,16,18H2,1-7H3,(H,33,34)/t20?,21?,29-/m0/s1. The summed E-state index contributed by atoms with van der Waals surface area (Å²) in [5, 5.41) is 13.0. The molecule has 2 N–H and O–H groups in total. The van der Waals surface area contributed by atoms with Crippen molar-refractivity contribution in [3.05, 3.63) is 23.8 Å². The van der Waals surface area contributed by atoms with Gasteiger partial charge in [0.25, 0.3) is 5.72 Å². The zero-order valence-electron chi connectivity index (χ0n) is 24.3. The molecular weight excluding hydrogens is 506 g/mol. The lowest BCUT2D eigenvalue weighted by Gasteiger charge is -2.31. The number of unbranched alkanes of at least 4 members (excludes halogenated alkanes) is 1. The quantitative estimate of drug-likeness (QED) is 0.108.